The maximum absolute atomic E-state index is 5.20. The van der Waals surface area contributed by atoms with Gasteiger partial charge in [-0.15, -0.1) is 0 Å². The minimum Gasteiger partial charge on any atom is -0.354 e. The molecular weight excluding hydrogens is 330 g/mol. The smallest absolute Gasteiger partial charge is 0.136 e. The lowest BCUT2D eigenvalue weighted by Gasteiger charge is -2.36. The molecule has 2 aromatic carbocycles. The van der Waals surface area contributed by atoms with Gasteiger partial charge in [0.2, 0.25) is 0 Å². The Bertz CT molecular complexity index is 843. The number of nitrogens with zero attached hydrogens (tertiary/aromatic N) is 3. The molecule has 0 bridgehead atoms. The molecule has 0 unspecified atom stereocenters. The van der Waals surface area contributed by atoms with Crippen LogP contribution in [0, 0.1) is 0 Å². The second-order valence-corrected chi connectivity index (χ2v) is 7.36. The molecule has 1 fully saturated rings. The summed E-state index contributed by atoms with van der Waals surface area (Å²) in [6.45, 7) is 9.89. The molecule has 2 aliphatic heterocycles. The van der Waals surface area contributed by atoms with Gasteiger partial charge < -0.3 is 9.80 Å². The molecule has 140 valence electrons. The van der Waals surface area contributed by atoms with Gasteiger partial charge in [-0.3, -0.25) is 0 Å². The molecule has 0 aromatic heterocycles. The highest BCUT2D eigenvalue weighted by Crippen LogP contribution is 2.31. The summed E-state index contributed by atoms with van der Waals surface area (Å²) in [7, 11) is 0. The van der Waals surface area contributed by atoms with Crippen LogP contribution in [-0.2, 0) is 12.8 Å². The molecule has 3 heteroatoms. The van der Waals surface area contributed by atoms with Gasteiger partial charge in [-0.1, -0.05) is 62.4 Å². The monoisotopic (exact) mass is 359 g/mol. The van der Waals surface area contributed by atoms with E-state index in [2.05, 4.69) is 78.3 Å². The predicted molar refractivity (Wildman–Crippen MR) is 115 cm³/mol. The van der Waals surface area contributed by atoms with Crippen molar-refractivity contribution in [3.8, 4) is 0 Å². The number of likely N-dealkylation sites (N-methyl/N-ethyl adjacent to an activating group) is 1. The van der Waals surface area contributed by atoms with Crippen molar-refractivity contribution < 1.29 is 0 Å². The molecule has 3 nitrogen and oxygen atoms in total. The van der Waals surface area contributed by atoms with Crippen LogP contribution in [0.5, 0.6) is 0 Å². The summed E-state index contributed by atoms with van der Waals surface area (Å²) in [6, 6.07) is 17.5. The van der Waals surface area contributed by atoms with Gasteiger partial charge in [-0.05, 0) is 42.1 Å². The number of allylic oxidation sites excluding steroid dienone is 1. The van der Waals surface area contributed by atoms with Crippen LogP contribution in [0.2, 0.25) is 0 Å². The van der Waals surface area contributed by atoms with Crippen LogP contribution in [0.3, 0.4) is 0 Å². The van der Waals surface area contributed by atoms with Gasteiger partial charge in [0.25, 0.3) is 0 Å². The average molecular weight is 360 g/mol. The van der Waals surface area contributed by atoms with E-state index < -0.39 is 0 Å². The number of amidine groups is 1. The summed E-state index contributed by atoms with van der Waals surface area (Å²) in [4.78, 5) is 10.2. The van der Waals surface area contributed by atoms with Crippen molar-refractivity contribution in [2.45, 2.75) is 26.7 Å². The van der Waals surface area contributed by atoms with Gasteiger partial charge in [-0.25, -0.2) is 4.99 Å². The Morgan fingerprint density at radius 2 is 1.70 bits per heavy atom. The van der Waals surface area contributed by atoms with Crippen molar-refractivity contribution in [2.24, 2.45) is 4.99 Å². The third kappa shape index (κ3) is 3.84. The molecule has 1 saturated heterocycles. The Labute approximate surface area is 163 Å². The zero-order chi connectivity index (χ0) is 18.6. The molecular formula is C24H29N3. The number of aryl methyl sites for hydroxylation is 1. The predicted octanol–water partition coefficient (Wildman–Crippen LogP) is 4.56. The molecule has 4 rings (SSSR count). The Morgan fingerprint density at radius 3 is 2.41 bits per heavy atom. The van der Waals surface area contributed by atoms with Crippen molar-refractivity contribution in [3.63, 3.8) is 0 Å². The van der Waals surface area contributed by atoms with Gasteiger partial charge in [0.15, 0.2) is 0 Å². The Balaban J connectivity index is 1.74. The highest BCUT2D eigenvalue weighted by Gasteiger charge is 2.24. The fourth-order valence-electron chi connectivity index (χ4n) is 3.99. The Morgan fingerprint density at radius 1 is 0.926 bits per heavy atom. The second kappa shape index (κ2) is 8.10. The van der Waals surface area contributed by atoms with Crippen molar-refractivity contribution >= 4 is 17.1 Å². The van der Waals surface area contributed by atoms with Crippen molar-refractivity contribution in [1.82, 2.24) is 9.80 Å². The molecule has 0 saturated carbocycles. The number of benzene rings is 2. The van der Waals surface area contributed by atoms with Crippen LogP contribution in [0.25, 0.3) is 5.57 Å². The maximum Gasteiger partial charge on any atom is 0.136 e. The minimum atomic E-state index is 0.940. The fraction of sp³-hybridized carbons (Fsp3) is 0.375. The van der Waals surface area contributed by atoms with E-state index in [1.54, 1.807) is 0 Å². The molecule has 0 spiro atoms. The highest BCUT2D eigenvalue weighted by molar-refractivity contribution is 6.23. The molecule has 0 amide bonds. The van der Waals surface area contributed by atoms with Crippen LogP contribution in [-0.4, -0.2) is 48.4 Å². The van der Waals surface area contributed by atoms with Crippen molar-refractivity contribution in [1.29, 1.82) is 0 Å². The first-order valence-electron chi connectivity index (χ1n) is 10.2. The zero-order valence-electron chi connectivity index (χ0n) is 16.5. The molecule has 2 aliphatic rings. The lowest BCUT2D eigenvalue weighted by molar-refractivity contribution is 0.191. The van der Waals surface area contributed by atoms with Crippen LogP contribution in [0.15, 0.2) is 59.6 Å². The molecule has 0 radical (unpaired) electrons. The molecule has 0 atom stereocenters. The number of aliphatic imine (C=N–C) groups is 1. The molecule has 0 N–H and O–H groups in total. The summed E-state index contributed by atoms with van der Waals surface area (Å²) in [5, 5.41) is 0. The molecule has 0 aliphatic carbocycles. The van der Waals surface area contributed by atoms with Crippen molar-refractivity contribution in [3.05, 3.63) is 71.3 Å². The van der Waals surface area contributed by atoms with E-state index in [1.807, 2.05) is 0 Å². The summed E-state index contributed by atoms with van der Waals surface area (Å²) >= 11 is 0. The normalized spacial score (nSPS) is 17.8. The van der Waals surface area contributed by atoms with E-state index in [0.717, 1.165) is 57.1 Å². The zero-order valence-corrected chi connectivity index (χ0v) is 16.5. The summed E-state index contributed by atoms with van der Waals surface area (Å²) in [6.07, 6.45) is 4.39. The van der Waals surface area contributed by atoms with E-state index >= 15 is 0 Å². The first-order chi connectivity index (χ1) is 13.3. The maximum atomic E-state index is 5.20. The van der Waals surface area contributed by atoms with Crippen LogP contribution in [0.1, 0.15) is 30.5 Å². The topological polar surface area (TPSA) is 18.8 Å². The van der Waals surface area contributed by atoms with Crippen LogP contribution in [0.4, 0.5) is 5.69 Å². The van der Waals surface area contributed by atoms with Crippen LogP contribution < -0.4 is 0 Å². The molecule has 27 heavy (non-hydrogen) atoms. The van der Waals surface area contributed by atoms with E-state index in [1.165, 1.54) is 22.3 Å². The minimum absolute atomic E-state index is 0.940. The second-order valence-electron chi connectivity index (χ2n) is 7.36. The molecule has 2 aromatic rings. The first-order valence-corrected chi connectivity index (χ1v) is 10.2. The lowest BCUT2D eigenvalue weighted by Crippen LogP contribution is -2.48. The van der Waals surface area contributed by atoms with Gasteiger partial charge in [0.05, 0.1) is 5.69 Å². The summed E-state index contributed by atoms with van der Waals surface area (Å²) in [5.74, 6) is 1.14. The largest absolute Gasteiger partial charge is 0.354 e. The number of rotatable bonds is 3. The number of hydrogen-bond donors (Lipinski definition) is 0. The van der Waals surface area contributed by atoms with Crippen LogP contribution >= 0.6 is 0 Å². The van der Waals surface area contributed by atoms with Gasteiger partial charge in [0, 0.05) is 31.8 Å². The standard InChI is InChI=1S/C24H29N3/c1-3-19-10-13-23-21(18-19)11-12-22(20-8-6-5-7-9-20)24(25-23)27-16-14-26(4-2)15-17-27/h5-10,12-13,18H,3-4,11,14-17H2,1-2H3. The molecule has 2 heterocycles. The van der Waals surface area contributed by atoms with Gasteiger partial charge >= 0.3 is 0 Å². The lowest BCUT2D eigenvalue weighted by atomic mass is 10.0. The van der Waals surface area contributed by atoms with E-state index in [9.17, 15) is 0 Å². The number of hydrogen-bond acceptors (Lipinski definition) is 3. The quantitative estimate of drug-likeness (QED) is 0.800. The summed E-state index contributed by atoms with van der Waals surface area (Å²) < 4.78 is 0. The number of piperazine rings is 1. The summed E-state index contributed by atoms with van der Waals surface area (Å²) in [5.41, 5.74) is 6.39. The first kappa shape index (κ1) is 18.0. The van der Waals surface area contributed by atoms with E-state index in [4.69, 9.17) is 4.99 Å². The van der Waals surface area contributed by atoms with E-state index in [0.29, 0.717) is 0 Å². The van der Waals surface area contributed by atoms with Crippen molar-refractivity contribution in [2.75, 3.05) is 32.7 Å². The van der Waals surface area contributed by atoms with Gasteiger partial charge in [-0.2, -0.15) is 0 Å². The SMILES string of the molecule is CCc1ccc2c(c1)CC=C(c1ccccc1)C(N1CCN(CC)CC1)=N2. The third-order valence-electron chi connectivity index (χ3n) is 5.75. The fourth-order valence-corrected chi connectivity index (χ4v) is 3.99. The average Bonchev–Trinajstić information content (AvgIpc) is 2.93. The Hall–Kier alpha value is -2.39. The highest BCUT2D eigenvalue weighted by atomic mass is 15.3. The van der Waals surface area contributed by atoms with Gasteiger partial charge in [0.1, 0.15) is 5.84 Å². The third-order valence-corrected chi connectivity index (χ3v) is 5.75. The number of fused-ring (bicyclic) bond motifs is 1. The Kier molecular flexibility index (Phi) is 5.40. The van der Waals surface area contributed by atoms with E-state index in [-0.39, 0.29) is 0 Å².